The van der Waals surface area contributed by atoms with Gasteiger partial charge in [0, 0.05) is 10.3 Å². The molecule has 0 saturated heterocycles. The van der Waals surface area contributed by atoms with Crippen LogP contribution in [-0.2, 0) is 0 Å². The van der Waals surface area contributed by atoms with Crippen LogP contribution in [0.5, 0.6) is 0 Å². The molecule has 1 aromatic heterocycles. The number of hydrogen-bond acceptors (Lipinski definition) is 1. The molecule has 0 atom stereocenters. The summed E-state index contributed by atoms with van der Waals surface area (Å²) in [6, 6.07) is 0. The van der Waals surface area contributed by atoms with Crippen molar-refractivity contribution in [3.63, 3.8) is 0 Å². The maximum atomic E-state index is 9.05. The summed E-state index contributed by atoms with van der Waals surface area (Å²) in [5.74, 6) is 0.256. The van der Waals surface area contributed by atoms with Gasteiger partial charge < -0.3 is 0 Å². The van der Waals surface area contributed by atoms with E-state index in [-0.39, 0.29) is 5.92 Å². The van der Waals surface area contributed by atoms with Gasteiger partial charge in [0.05, 0.1) is 0 Å². The van der Waals surface area contributed by atoms with Crippen molar-refractivity contribution in [1.29, 1.82) is 0 Å². The fraction of sp³-hybridized carbons (Fsp3) is 0.375. The standard InChI is InChI=1S/C8H10Cl2NO/c1-5(2)8-6(9)3-11(12)4-7(8)10/h3-5,12H,1-2H3/q+1. The van der Waals surface area contributed by atoms with Crippen LogP contribution < -0.4 is 4.73 Å². The average molecular weight is 207 g/mol. The first-order chi connectivity index (χ1) is 5.52. The van der Waals surface area contributed by atoms with Crippen LogP contribution in [0.1, 0.15) is 25.3 Å². The molecule has 66 valence electrons. The Morgan fingerprint density at radius 3 is 2.00 bits per heavy atom. The van der Waals surface area contributed by atoms with Crippen LogP contribution >= 0.6 is 23.2 Å². The van der Waals surface area contributed by atoms with E-state index in [0.29, 0.717) is 10.0 Å². The first-order valence-corrected chi connectivity index (χ1v) is 4.37. The Labute approximate surface area is 81.3 Å². The summed E-state index contributed by atoms with van der Waals surface area (Å²) in [6.45, 7) is 3.99. The van der Waals surface area contributed by atoms with Gasteiger partial charge in [-0.3, -0.25) is 5.21 Å². The molecular weight excluding hydrogens is 197 g/mol. The molecule has 0 aliphatic carbocycles. The summed E-state index contributed by atoms with van der Waals surface area (Å²) < 4.78 is 0.858. The van der Waals surface area contributed by atoms with Gasteiger partial charge in [0.15, 0.2) is 0 Å². The van der Waals surface area contributed by atoms with Crippen LogP contribution in [-0.4, -0.2) is 5.21 Å². The summed E-state index contributed by atoms with van der Waals surface area (Å²) in [7, 11) is 0. The number of rotatable bonds is 1. The van der Waals surface area contributed by atoms with Crippen LogP contribution in [0.25, 0.3) is 0 Å². The fourth-order valence-electron chi connectivity index (χ4n) is 1.07. The summed E-state index contributed by atoms with van der Waals surface area (Å²) >= 11 is 11.7. The molecule has 4 heteroatoms. The lowest BCUT2D eigenvalue weighted by molar-refractivity contribution is -0.904. The van der Waals surface area contributed by atoms with Crippen molar-refractivity contribution in [1.82, 2.24) is 0 Å². The smallest absolute Gasteiger partial charge is 0.241 e. The molecule has 0 aromatic carbocycles. The minimum Gasteiger partial charge on any atom is -0.285 e. The lowest BCUT2D eigenvalue weighted by Gasteiger charge is -2.06. The lowest BCUT2D eigenvalue weighted by Crippen LogP contribution is -2.29. The Morgan fingerprint density at radius 1 is 1.25 bits per heavy atom. The van der Waals surface area contributed by atoms with E-state index in [0.717, 1.165) is 10.3 Å². The van der Waals surface area contributed by atoms with Gasteiger partial charge in [-0.05, 0) is 5.92 Å². The second kappa shape index (κ2) is 3.50. The maximum absolute atomic E-state index is 9.05. The molecule has 1 rings (SSSR count). The van der Waals surface area contributed by atoms with Gasteiger partial charge in [-0.15, -0.1) is 0 Å². The number of nitrogens with zero attached hydrogens (tertiary/aromatic N) is 1. The number of hydrogen-bond donors (Lipinski definition) is 1. The normalized spacial score (nSPS) is 10.8. The van der Waals surface area contributed by atoms with Gasteiger partial charge >= 0.3 is 0 Å². The van der Waals surface area contributed by atoms with Gasteiger partial charge in [0.25, 0.3) is 0 Å². The van der Waals surface area contributed by atoms with E-state index in [1.54, 1.807) is 0 Å². The van der Waals surface area contributed by atoms with Crippen molar-refractivity contribution in [3.8, 4) is 0 Å². The van der Waals surface area contributed by atoms with E-state index >= 15 is 0 Å². The second-order valence-electron chi connectivity index (χ2n) is 2.90. The molecule has 12 heavy (non-hydrogen) atoms. The Kier molecular flexibility index (Phi) is 2.80. The minimum atomic E-state index is 0.256. The van der Waals surface area contributed by atoms with Crippen LogP contribution in [0.15, 0.2) is 12.4 Å². The zero-order valence-electron chi connectivity index (χ0n) is 6.88. The molecular formula is C8H10Cl2NO+. The molecule has 1 heterocycles. The highest BCUT2D eigenvalue weighted by Crippen LogP contribution is 2.28. The van der Waals surface area contributed by atoms with Crippen molar-refractivity contribution in [2.75, 3.05) is 0 Å². The molecule has 0 aliphatic rings. The van der Waals surface area contributed by atoms with Crippen LogP contribution in [0.4, 0.5) is 0 Å². The van der Waals surface area contributed by atoms with E-state index in [1.165, 1.54) is 12.4 Å². The third kappa shape index (κ3) is 1.82. The highest BCUT2D eigenvalue weighted by Gasteiger charge is 2.15. The van der Waals surface area contributed by atoms with Crippen molar-refractivity contribution >= 4 is 23.2 Å². The predicted molar refractivity (Wildman–Crippen MR) is 47.9 cm³/mol. The van der Waals surface area contributed by atoms with Gasteiger partial charge in [0.1, 0.15) is 10.0 Å². The van der Waals surface area contributed by atoms with Crippen LogP contribution in [0.3, 0.4) is 0 Å². The highest BCUT2D eigenvalue weighted by molar-refractivity contribution is 6.35. The van der Waals surface area contributed by atoms with Crippen LogP contribution in [0, 0.1) is 0 Å². The van der Waals surface area contributed by atoms with E-state index in [1.807, 2.05) is 13.8 Å². The molecule has 0 fully saturated rings. The lowest BCUT2D eigenvalue weighted by atomic mass is 10.1. The molecule has 1 aromatic rings. The molecule has 2 nitrogen and oxygen atoms in total. The van der Waals surface area contributed by atoms with Gasteiger partial charge in [-0.25, -0.2) is 0 Å². The molecule has 0 aliphatic heterocycles. The number of halogens is 2. The molecule has 0 radical (unpaired) electrons. The summed E-state index contributed by atoms with van der Waals surface area (Å²) in [5, 5.41) is 10.0. The Bertz CT molecular complexity index is 276. The average Bonchev–Trinajstić information content (AvgIpc) is 1.82. The van der Waals surface area contributed by atoms with Crippen molar-refractivity contribution in [2.24, 2.45) is 0 Å². The quantitative estimate of drug-likeness (QED) is 0.555. The first-order valence-electron chi connectivity index (χ1n) is 3.62. The Hall–Kier alpha value is -0.470. The largest absolute Gasteiger partial charge is 0.285 e. The zero-order valence-corrected chi connectivity index (χ0v) is 8.39. The van der Waals surface area contributed by atoms with E-state index in [9.17, 15) is 0 Å². The van der Waals surface area contributed by atoms with Crippen molar-refractivity contribution < 1.29 is 9.94 Å². The topological polar surface area (TPSA) is 24.1 Å². The zero-order chi connectivity index (χ0) is 9.30. The van der Waals surface area contributed by atoms with Gasteiger partial charge in [-0.2, -0.15) is 0 Å². The van der Waals surface area contributed by atoms with Gasteiger partial charge in [0.2, 0.25) is 12.4 Å². The minimum absolute atomic E-state index is 0.256. The maximum Gasteiger partial charge on any atom is 0.241 e. The first kappa shape index (κ1) is 9.62. The van der Waals surface area contributed by atoms with E-state index in [4.69, 9.17) is 28.4 Å². The highest BCUT2D eigenvalue weighted by atomic mass is 35.5. The molecule has 0 spiro atoms. The molecule has 0 unspecified atom stereocenters. The predicted octanol–water partition coefficient (Wildman–Crippen LogP) is 2.64. The number of pyridine rings is 1. The molecule has 1 N–H and O–H groups in total. The second-order valence-corrected chi connectivity index (χ2v) is 3.72. The molecule has 0 amide bonds. The SMILES string of the molecule is CC(C)c1c(Cl)c[n+](O)cc1Cl. The number of aromatic nitrogens is 1. The van der Waals surface area contributed by atoms with E-state index in [2.05, 4.69) is 0 Å². The van der Waals surface area contributed by atoms with Crippen molar-refractivity contribution in [2.45, 2.75) is 19.8 Å². The summed E-state index contributed by atoms with van der Waals surface area (Å²) in [5.41, 5.74) is 0.864. The third-order valence-electron chi connectivity index (χ3n) is 1.58. The Balaban J connectivity index is 3.28. The molecule has 0 saturated carbocycles. The van der Waals surface area contributed by atoms with Gasteiger partial charge in [-0.1, -0.05) is 37.0 Å². The fourth-order valence-corrected chi connectivity index (χ4v) is 1.96. The molecule has 0 bridgehead atoms. The third-order valence-corrected chi connectivity index (χ3v) is 2.19. The van der Waals surface area contributed by atoms with Crippen LogP contribution in [0.2, 0.25) is 10.0 Å². The van der Waals surface area contributed by atoms with E-state index < -0.39 is 0 Å². The van der Waals surface area contributed by atoms with Crippen molar-refractivity contribution in [3.05, 3.63) is 28.0 Å². The monoisotopic (exact) mass is 206 g/mol. The summed E-state index contributed by atoms with van der Waals surface area (Å²) in [6.07, 6.45) is 2.84. The Morgan fingerprint density at radius 2 is 1.67 bits per heavy atom. The summed E-state index contributed by atoms with van der Waals surface area (Å²) in [4.78, 5) is 0.